The van der Waals surface area contributed by atoms with Gasteiger partial charge in [0.15, 0.2) is 11.5 Å². The van der Waals surface area contributed by atoms with E-state index in [1.807, 2.05) is 26.0 Å². The molecule has 3 rings (SSSR count). The van der Waals surface area contributed by atoms with Gasteiger partial charge in [0, 0.05) is 36.3 Å². The fourth-order valence-corrected chi connectivity index (χ4v) is 3.98. The fraction of sp³-hybridized carbons (Fsp3) is 0.417. The minimum absolute atomic E-state index is 0.0213. The highest BCUT2D eigenvalue weighted by Crippen LogP contribution is 2.30. The topological polar surface area (TPSA) is 101 Å². The third kappa shape index (κ3) is 5.35. The molecular weight excluding hydrogens is 396 g/mol. The summed E-state index contributed by atoms with van der Waals surface area (Å²) in [5, 5.41) is 29.8. The average Bonchev–Trinajstić information content (AvgIpc) is 2.78. The van der Waals surface area contributed by atoms with E-state index in [1.165, 1.54) is 18.2 Å². The maximum Gasteiger partial charge on any atom is 0.226 e. The zero-order valence-corrected chi connectivity index (χ0v) is 17.9. The van der Waals surface area contributed by atoms with Crippen molar-refractivity contribution < 1.29 is 24.9 Å². The number of aliphatic hydroxyl groups excluding tert-OH is 1. The second-order valence-corrected chi connectivity index (χ2v) is 8.32. The molecule has 3 N–H and O–H groups in total. The summed E-state index contributed by atoms with van der Waals surface area (Å²) in [7, 11) is 0. The molecule has 0 aromatic heterocycles. The highest BCUT2D eigenvalue weighted by Gasteiger charge is 2.31. The summed E-state index contributed by atoms with van der Waals surface area (Å²) in [6.07, 6.45) is 1.29. The Morgan fingerprint density at radius 2 is 1.74 bits per heavy atom. The molecule has 2 aromatic rings. The highest BCUT2D eigenvalue weighted by atomic mass is 16.3. The fourth-order valence-electron chi connectivity index (χ4n) is 3.98. The van der Waals surface area contributed by atoms with Crippen LogP contribution >= 0.6 is 0 Å². The number of anilines is 1. The van der Waals surface area contributed by atoms with Gasteiger partial charge in [-0.15, -0.1) is 0 Å². The number of rotatable bonds is 7. The lowest BCUT2D eigenvalue weighted by Crippen LogP contribution is -2.46. The first-order chi connectivity index (χ1) is 14.8. The molecule has 1 aliphatic heterocycles. The number of aldehydes is 1. The van der Waals surface area contributed by atoms with E-state index in [9.17, 15) is 24.9 Å². The number of carbonyl (C=O) groups excluding carboxylic acids is 2. The van der Waals surface area contributed by atoms with Gasteiger partial charge >= 0.3 is 0 Å². The van der Waals surface area contributed by atoms with E-state index in [0.717, 1.165) is 25.1 Å². The second-order valence-electron chi connectivity index (χ2n) is 8.32. The number of benzene rings is 2. The summed E-state index contributed by atoms with van der Waals surface area (Å²) < 4.78 is 0. The normalized spacial score (nSPS) is 15.7. The Morgan fingerprint density at radius 1 is 1.10 bits per heavy atom. The molecule has 1 fully saturated rings. The van der Waals surface area contributed by atoms with Crippen molar-refractivity contribution in [3.63, 3.8) is 0 Å². The minimum Gasteiger partial charge on any atom is -0.504 e. The number of nitrogens with zero attached hydrogens (tertiary/aromatic N) is 2. The van der Waals surface area contributed by atoms with Gasteiger partial charge < -0.3 is 25.1 Å². The SMILES string of the molecule is CC(C)N(C[C@H](O)c1ccc(O)c(O)c1)C(=O)C1CCN(c2ccc(C=O)cc2)CC1. The Balaban J connectivity index is 1.62. The third-order valence-corrected chi connectivity index (χ3v) is 5.90. The minimum atomic E-state index is -0.964. The monoisotopic (exact) mass is 426 g/mol. The van der Waals surface area contributed by atoms with Gasteiger partial charge in [-0.2, -0.15) is 0 Å². The van der Waals surface area contributed by atoms with E-state index < -0.39 is 6.10 Å². The van der Waals surface area contributed by atoms with Crippen LogP contribution in [0, 0.1) is 5.92 Å². The van der Waals surface area contributed by atoms with Crippen LogP contribution in [0.1, 0.15) is 48.7 Å². The van der Waals surface area contributed by atoms with Crippen LogP contribution in [0.25, 0.3) is 0 Å². The lowest BCUT2D eigenvalue weighted by molar-refractivity contribution is -0.139. The summed E-state index contributed by atoms with van der Waals surface area (Å²) in [5.74, 6) is -0.644. The molecule has 0 unspecified atom stereocenters. The summed E-state index contributed by atoms with van der Waals surface area (Å²) in [6, 6.07) is 11.5. The maximum atomic E-state index is 13.2. The zero-order chi connectivity index (χ0) is 22.5. The Hall–Kier alpha value is -3.06. The number of amides is 1. The van der Waals surface area contributed by atoms with Crippen LogP contribution in [0.2, 0.25) is 0 Å². The molecule has 0 aliphatic carbocycles. The van der Waals surface area contributed by atoms with Gasteiger partial charge in [-0.1, -0.05) is 6.07 Å². The van der Waals surface area contributed by atoms with Crippen molar-refractivity contribution in [1.29, 1.82) is 0 Å². The number of piperidine rings is 1. The zero-order valence-electron chi connectivity index (χ0n) is 17.9. The van der Waals surface area contributed by atoms with Gasteiger partial charge in [0.25, 0.3) is 0 Å². The number of aromatic hydroxyl groups is 2. The lowest BCUT2D eigenvalue weighted by atomic mass is 9.94. The molecule has 7 heteroatoms. The molecule has 7 nitrogen and oxygen atoms in total. The molecule has 1 heterocycles. The van der Waals surface area contributed by atoms with Gasteiger partial charge in [-0.25, -0.2) is 0 Å². The van der Waals surface area contributed by atoms with E-state index in [0.29, 0.717) is 24.0 Å². The van der Waals surface area contributed by atoms with E-state index in [1.54, 1.807) is 17.0 Å². The third-order valence-electron chi connectivity index (χ3n) is 5.90. The van der Waals surface area contributed by atoms with E-state index in [-0.39, 0.29) is 35.9 Å². The standard InChI is InChI=1S/C24H30N2O5/c1-16(2)26(14-23(30)19-5-8-21(28)22(29)13-19)24(31)18-9-11-25(12-10-18)20-6-3-17(15-27)4-7-20/h3-8,13,15-16,18,23,28-30H,9-12,14H2,1-2H3/t23-/m0/s1. The van der Waals surface area contributed by atoms with Gasteiger partial charge in [-0.3, -0.25) is 9.59 Å². The average molecular weight is 427 g/mol. The predicted molar refractivity (Wildman–Crippen MR) is 118 cm³/mol. The van der Waals surface area contributed by atoms with Crippen LogP contribution in [0.5, 0.6) is 11.5 Å². The quantitative estimate of drug-likeness (QED) is 0.465. The summed E-state index contributed by atoms with van der Waals surface area (Å²) in [5.41, 5.74) is 2.13. The maximum absolute atomic E-state index is 13.2. The lowest BCUT2D eigenvalue weighted by Gasteiger charge is -2.37. The van der Waals surface area contributed by atoms with Crippen LogP contribution in [0.3, 0.4) is 0 Å². The smallest absolute Gasteiger partial charge is 0.226 e. The van der Waals surface area contributed by atoms with Crippen molar-refractivity contribution in [1.82, 2.24) is 4.90 Å². The molecule has 1 amide bonds. The molecule has 166 valence electrons. The number of hydrogen-bond donors (Lipinski definition) is 3. The second kappa shape index (κ2) is 9.83. The summed E-state index contributed by atoms with van der Waals surface area (Å²) in [4.78, 5) is 28.0. The molecule has 0 spiro atoms. The molecule has 0 bridgehead atoms. The Kier molecular flexibility index (Phi) is 7.17. The molecule has 31 heavy (non-hydrogen) atoms. The van der Waals surface area contributed by atoms with Crippen molar-refractivity contribution in [2.75, 3.05) is 24.5 Å². The largest absolute Gasteiger partial charge is 0.504 e. The Labute approximate surface area is 182 Å². The van der Waals surface area contributed by atoms with Crippen molar-refractivity contribution >= 4 is 17.9 Å². The van der Waals surface area contributed by atoms with Crippen molar-refractivity contribution in [2.24, 2.45) is 5.92 Å². The van der Waals surface area contributed by atoms with E-state index >= 15 is 0 Å². The Bertz CT molecular complexity index is 905. The first kappa shape index (κ1) is 22.6. The van der Waals surface area contributed by atoms with Crippen LogP contribution in [0.4, 0.5) is 5.69 Å². The van der Waals surface area contributed by atoms with Gasteiger partial charge in [0.05, 0.1) is 12.6 Å². The first-order valence-corrected chi connectivity index (χ1v) is 10.6. The number of hydrogen-bond acceptors (Lipinski definition) is 6. The van der Waals surface area contributed by atoms with Gasteiger partial charge in [0.1, 0.15) is 6.29 Å². The van der Waals surface area contributed by atoms with Crippen molar-refractivity contribution in [3.05, 3.63) is 53.6 Å². The molecule has 1 saturated heterocycles. The number of carbonyl (C=O) groups is 2. The van der Waals surface area contributed by atoms with Crippen molar-refractivity contribution in [2.45, 2.75) is 38.8 Å². The first-order valence-electron chi connectivity index (χ1n) is 10.6. The number of phenolic OH excluding ortho intramolecular Hbond substituents is 2. The number of aliphatic hydroxyl groups is 1. The molecule has 0 saturated carbocycles. The van der Waals surface area contributed by atoms with Crippen LogP contribution in [-0.4, -0.2) is 58.1 Å². The predicted octanol–water partition coefficient (Wildman–Crippen LogP) is 3.10. The molecule has 1 atom stereocenters. The van der Waals surface area contributed by atoms with Crippen LogP contribution in [-0.2, 0) is 4.79 Å². The number of phenols is 2. The van der Waals surface area contributed by atoms with Crippen LogP contribution < -0.4 is 4.90 Å². The summed E-state index contributed by atoms with van der Waals surface area (Å²) >= 11 is 0. The Morgan fingerprint density at radius 3 is 2.29 bits per heavy atom. The van der Waals surface area contributed by atoms with Gasteiger partial charge in [0.2, 0.25) is 5.91 Å². The molecular formula is C24H30N2O5. The van der Waals surface area contributed by atoms with Gasteiger partial charge in [-0.05, 0) is 68.7 Å². The molecule has 0 radical (unpaired) electrons. The summed E-state index contributed by atoms with van der Waals surface area (Å²) in [6.45, 7) is 5.45. The highest BCUT2D eigenvalue weighted by molar-refractivity contribution is 5.80. The van der Waals surface area contributed by atoms with Crippen LogP contribution in [0.15, 0.2) is 42.5 Å². The van der Waals surface area contributed by atoms with Crippen molar-refractivity contribution in [3.8, 4) is 11.5 Å². The molecule has 1 aliphatic rings. The van der Waals surface area contributed by atoms with E-state index in [2.05, 4.69) is 4.90 Å². The van der Waals surface area contributed by atoms with E-state index in [4.69, 9.17) is 0 Å². The molecule has 2 aromatic carbocycles.